The van der Waals surface area contributed by atoms with Gasteiger partial charge in [-0.1, -0.05) is 37.3 Å². The predicted molar refractivity (Wildman–Crippen MR) is 114 cm³/mol. The molecule has 0 aliphatic rings. The van der Waals surface area contributed by atoms with Gasteiger partial charge >= 0.3 is 6.18 Å². The number of hydrogen-bond acceptors (Lipinski definition) is 3. The third-order valence-corrected chi connectivity index (χ3v) is 4.62. The minimum absolute atomic E-state index is 0.0491. The van der Waals surface area contributed by atoms with Crippen molar-refractivity contribution in [1.29, 1.82) is 0 Å². The predicted octanol–water partition coefficient (Wildman–Crippen LogP) is 3.43. The molecule has 6 nitrogen and oxygen atoms in total. The second kappa shape index (κ2) is 11.2. The molecule has 2 rings (SSSR count). The number of guanidine groups is 1. The number of nitrogens with one attached hydrogen (secondary N) is 2. The maximum absolute atomic E-state index is 12.9. The van der Waals surface area contributed by atoms with Gasteiger partial charge in [0.2, 0.25) is 0 Å². The van der Waals surface area contributed by atoms with E-state index in [1.165, 1.54) is 12.1 Å². The lowest BCUT2D eigenvalue weighted by atomic mass is 9.96. The molecule has 1 amide bonds. The third kappa shape index (κ3) is 8.19. The molecule has 0 heterocycles. The molecule has 0 aromatic heterocycles. The van der Waals surface area contributed by atoms with Crippen LogP contribution in [0.5, 0.6) is 5.75 Å². The van der Waals surface area contributed by atoms with Crippen molar-refractivity contribution in [3.63, 3.8) is 0 Å². The van der Waals surface area contributed by atoms with Crippen LogP contribution in [0, 0.1) is 0 Å². The van der Waals surface area contributed by atoms with Crippen molar-refractivity contribution in [2.45, 2.75) is 32.0 Å². The highest BCUT2D eigenvalue weighted by Crippen LogP contribution is 2.31. The van der Waals surface area contributed by atoms with E-state index in [4.69, 9.17) is 10.5 Å². The molecule has 0 aliphatic heterocycles. The highest BCUT2D eigenvalue weighted by Gasteiger charge is 2.30. The van der Waals surface area contributed by atoms with E-state index in [0.717, 1.165) is 11.6 Å². The van der Waals surface area contributed by atoms with Gasteiger partial charge in [0.25, 0.3) is 5.91 Å². The van der Waals surface area contributed by atoms with Crippen molar-refractivity contribution in [3.8, 4) is 5.75 Å². The second-order valence-corrected chi connectivity index (χ2v) is 7.07. The summed E-state index contributed by atoms with van der Waals surface area (Å²) in [4.78, 5) is 15.0. The number of rotatable bonds is 9. The van der Waals surface area contributed by atoms with E-state index in [9.17, 15) is 18.0 Å². The molecule has 0 bridgehead atoms. The molecule has 4 N–H and O–H groups in total. The molecule has 31 heavy (non-hydrogen) atoms. The number of carbonyl (C=O) groups excluding carboxylic acids is 1. The zero-order chi connectivity index (χ0) is 22.9. The Morgan fingerprint density at radius 2 is 1.90 bits per heavy atom. The maximum Gasteiger partial charge on any atom is 0.416 e. The van der Waals surface area contributed by atoms with Crippen molar-refractivity contribution < 1.29 is 22.7 Å². The topological polar surface area (TPSA) is 88.7 Å². The van der Waals surface area contributed by atoms with Crippen molar-refractivity contribution in [3.05, 3.63) is 65.2 Å². The molecule has 0 saturated carbocycles. The fraction of sp³-hybridized carbons (Fsp3) is 0.364. The molecule has 0 fully saturated rings. The first-order chi connectivity index (χ1) is 14.7. The Morgan fingerprint density at radius 1 is 1.16 bits per heavy atom. The van der Waals surface area contributed by atoms with Gasteiger partial charge in [-0.15, -0.1) is 0 Å². The minimum atomic E-state index is -4.35. The molecule has 0 saturated heterocycles. The Kier molecular flexibility index (Phi) is 8.72. The average molecular weight is 436 g/mol. The number of nitrogens with two attached hydrogens (primary N) is 1. The summed E-state index contributed by atoms with van der Waals surface area (Å²) in [5, 5.41) is 6.33. The van der Waals surface area contributed by atoms with E-state index in [1.54, 1.807) is 31.3 Å². The van der Waals surface area contributed by atoms with Gasteiger partial charge in [0.1, 0.15) is 5.75 Å². The summed E-state index contributed by atoms with van der Waals surface area (Å²) in [5.74, 6) is 0.509. The zero-order valence-corrected chi connectivity index (χ0v) is 17.5. The molecule has 2 aromatic rings. The second-order valence-electron chi connectivity index (χ2n) is 7.07. The lowest BCUT2D eigenvalue weighted by molar-refractivity contribution is -0.137. The summed E-state index contributed by atoms with van der Waals surface area (Å²) in [6, 6.07) is 12.6. The third-order valence-electron chi connectivity index (χ3n) is 4.62. The van der Waals surface area contributed by atoms with E-state index in [1.807, 2.05) is 13.0 Å². The van der Waals surface area contributed by atoms with Crippen LogP contribution in [0.3, 0.4) is 0 Å². The summed E-state index contributed by atoms with van der Waals surface area (Å²) < 4.78 is 44.0. The van der Waals surface area contributed by atoms with E-state index < -0.39 is 17.6 Å². The summed E-state index contributed by atoms with van der Waals surface area (Å²) in [6.45, 7) is 2.71. The number of benzene rings is 2. The van der Waals surface area contributed by atoms with Crippen molar-refractivity contribution >= 4 is 11.9 Å². The Bertz CT molecular complexity index is 900. The van der Waals surface area contributed by atoms with Crippen LogP contribution in [0.25, 0.3) is 0 Å². The van der Waals surface area contributed by atoms with Gasteiger partial charge in [0.05, 0.1) is 5.56 Å². The standard InChI is InChI=1S/C22H27F3N4O2/c1-15(17-6-4-7-18(12-17)22(23,24)25)9-10-28-21(27-2)29-13-16-5-3-8-19(11-16)31-14-20(26)30/h3-8,11-12,15H,9-10,13-14H2,1-2H3,(H2,26,30)(H2,27,28,29). The summed E-state index contributed by atoms with van der Waals surface area (Å²) in [5.41, 5.74) is 6.01. The lowest BCUT2D eigenvalue weighted by Crippen LogP contribution is -2.37. The van der Waals surface area contributed by atoms with Crippen LogP contribution >= 0.6 is 0 Å². The van der Waals surface area contributed by atoms with Gasteiger partial charge in [-0.25, -0.2) is 0 Å². The highest BCUT2D eigenvalue weighted by molar-refractivity contribution is 5.79. The van der Waals surface area contributed by atoms with E-state index in [2.05, 4.69) is 15.6 Å². The van der Waals surface area contributed by atoms with E-state index in [-0.39, 0.29) is 12.5 Å². The molecule has 0 spiro atoms. The number of carbonyl (C=O) groups is 1. The molecule has 9 heteroatoms. The molecule has 2 aromatic carbocycles. The van der Waals surface area contributed by atoms with Crippen LogP contribution in [0.1, 0.15) is 36.0 Å². The summed E-state index contributed by atoms with van der Waals surface area (Å²) >= 11 is 0. The van der Waals surface area contributed by atoms with Gasteiger partial charge < -0.3 is 21.1 Å². The zero-order valence-electron chi connectivity index (χ0n) is 17.5. The number of hydrogen-bond donors (Lipinski definition) is 3. The van der Waals surface area contributed by atoms with Gasteiger partial charge in [-0.2, -0.15) is 13.2 Å². The molecule has 0 radical (unpaired) electrons. The van der Waals surface area contributed by atoms with E-state index in [0.29, 0.717) is 36.8 Å². The van der Waals surface area contributed by atoms with Crippen molar-refractivity contribution in [2.24, 2.45) is 10.7 Å². The number of aliphatic imine (C=N–C) groups is 1. The number of amides is 1. The van der Waals surface area contributed by atoms with Crippen molar-refractivity contribution in [2.75, 3.05) is 20.2 Å². The molecule has 0 aliphatic carbocycles. The molecular formula is C22H27F3N4O2. The number of halogens is 3. The first kappa shape index (κ1) is 24.0. The molecule has 1 unspecified atom stereocenters. The average Bonchev–Trinajstić information content (AvgIpc) is 2.74. The quantitative estimate of drug-likeness (QED) is 0.415. The summed E-state index contributed by atoms with van der Waals surface area (Å²) in [6.07, 6.45) is -3.71. The largest absolute Gasteiger partial charge is 0.484 e. The monoisotopic (exact) mass is 436 g/mol. The maximum atomic E-state index is 12.9. The Hall–Kier alpha value is -3.23. The fourth-order valence-electron chi connectivity index (χ4n) is 2.90. The summed E-state index contributed by atoms with van der Waals surface area (Å²) in [7, 11) is 1.64. The highest BCUT2D eigenvalue weighted by atomic mass is 19.4. The Balaban J connectivity index is 1.82. The normalized spacial score (nSPS) is 12.9. The number of primary amides is 1. The Labute approximate surface area is 179 Å². The lowest BCUT2D eigenvalue weighted by Gasteiger charge is -2.16. The first-order valence-electron chi connectivity index (χ1n) is 9.80. The Morgan fingerprint density at radius 3 is 2.58 bits per heavy atom. The van der Waals surface area contributed by atoms with Gasteiger partial charge in [-0.05, 0) is 41.7 Å². The molecule has 168 valence electrons. The SMILES string of the molecule is CN=C(NCCC(C)c1cccc(C(F)(F)F)c1)NCc1cccc(OCC(N)=O)c1. The van der Waals surface area contributed by atoms with Gasteiger partial charge in [-0.3, -0.25) is 9.79 Å². The molecule has 1 atom stereocenters. The number of ether oxygens (including phenoxy) is 1. The van der Waals surface area contributed by atoms with Crippen molar-refractivity contribution in [1.82, 2.24) is 10.6 Å². The smallest absolute Gasteiger partial charge is 0.416 e. The van der Waals surface area contributed by atoms with Gasteiger partial charge in [0.15, 0.2) is 12.6 Å². The van der Waals surface area contributed by atoms with Gasteiger partial charge in [0, 0.05) is 20.1 Å². The van der Waals surface area contributed by atoms with E-state index >= 15 is 0 Å². The fourth-order valence-corrected chi connectivity index (χ4v) is 2.90. The first-order valence-corrected chi connectivity index (χ1v) is 9.80. The van der Waals surface area contributed by atoms with Crippen LogP contribution in [-0.4, -0.2) is 32.1 Å². The van der Waals surface area contributed by atoms with Crippen LogP contribution in [0.4, 0.5) is 13.2 Å². The van der Waals surface area contributed by atoms with Crippen LogP contribution in [0.15, 0.2) is 53.5 Å². The minimum Gasteiger partial charge on any atom is -0.484 e. The number of nitrogens with zero attached hydrogens (tertiary/aromatic N) is 1. The van der Waals surface area contributed by atoms with Crippen LogP contribution < -0.4 is 21.1 Å². The number of alkyl halides is 3. The molecular weight excluding hydrogens is 409 g/mol. The van der Waals surface area contributed by atoms with Crippen LogP contribution in [0.2, 0.25) is 0 Å². The van der Waals surface area contributed by atoms with Crippen LogP contribution in [-0.2, 0) is 17.5 Å².